The van der Waals surface area contributed by atoms with Crippen molar-refractivity contribution in [3.63, 3.8) is 0 Å². The monoisotopic (exact) mass is 422 g/mol. The van der Waals surface area contributed by atoms with E-state index in [0.29, 0.717) is 12.1 Å². The Morgan fingerprint density at radius 1 is 0.900 bits per heavy atom. The molecule has 6 N–H and O–H groups in total. The molecule has 0 aliphatic rings. The van der Waals surface area contributed by atoms with Crippen LogP contribution in [0.15, 0.2) is 77.7 Å². The van der Waals surface area contributed by atoms with Gasteiger partial charge in [-0.05, 0) is 34.4 Å². The number of carbonyl (C=O) groups is 1. The van der Waals surface area contributed by atoms with E-state index in [1.165, 1.54) is 12.1 Å². The van der Waals surface area contributed by atoms with Crippen molar-refractivity contribution in [2.45, 2.75) is 17.9 Å². The fraction of sp³-hybridized carbons (Fsp3) is 0.0909. The Morgan fingerprint density at radius 3 is 2.17 bits per heavy atom. The molecule has 0 aliphatic carbocycles. The minimum atomic E-state index is -3.73. The maximum atomic E-state index is 12.3. The van der Waals surface area contributed by atoms with Gasteiger partial charge in [-0.3, -0.25) is 10.2 Å². The Balaban J connectivity index is 1.63. The van der Waals surface area contributed by atoms with Gasteiger partial charge in [0.25, 0.3) is 0 Å². The fourth-order valence-electron chi connectivity index (χ4n) is 2.95. The predicted molar refractivity (Wildman–Crippen MR) is 116 cm³/mol. The number of primary sulfonamides is 1. The molecule has 3 rings (SSSR count). The molecular weight excluding hydrogens is 400 g/mol. The minimum absolute atomic E-state index is 0.00441. The average molecular weight is 423 g/mol. The number of nitrogens with one attached hydrogen (secondary N) is 2. The Morgan fingerprint density at radius 2 is 1.57 bits per heavy atom. The standard InChI is InChI=1S/C22H22N4O3S/c23-22(24)18-6-4-15(5-7-18)14-26-21(27)13-16-2-1-3-19(12-16)17-8-10-20(11-9-17)30(25,28)29/h1-12H,13-14H2,(H3,23,24)(H,26,27)(H2,25,28,29). The third-order valence-corrected chi connectivity index (χ3v) is 5.49. The SMILES string of the molecule is N=C(N)c1ccc(CNC(=O)Cc2cccc(-c3ccc(S(N)(=O)=O)cc3)c2)cc1. The molecule has 3 aromatic carbocycles. The third kappa shape index (κ3) is 5.53. The maximum Gasteiger partial charge on any atom is 0.238 e. The smallest absolute Gasteiger partial charge is 0.238 e. The Hall–Kier alpha value is -3.49. The first-order valence-electron chi connectivity index (χ1n) is 9.14. The fourth-order valence-corrected chi connectivity index (χ4v) is 3.46. The van der Waals surface area contributed by atoms with Crippen LogP contribution < -0.4 is 16.2 Å². The highest BCUT2D eigenvalue weighted by Gasteiger charge is 2.09. The molecule has 0 bridgehead atoms. The first kappa shape index (κ1) is 21.2. The van der Waals surface area contributed by atoms with Crippen molar-refractivity contribution in [2.24, 2.45) is 10.9 Å². The van der Waals surface area contributed by atoms with Gasteiger partial charge >= 0.3 is 0 Å². The van der Waals surface area contributed by atoms with E-state index < -0.39 is 10.0 Å². The zero-order valence-electron chi connectivity index (χ0n) is 16.1. The summed E-state index contributed by atoms with van der Waals surface area (Å²) in [5, 5.41) is 15.4. The highest BCUT2D eigenvalue weighted by molar-refractivity contribution is 7.89. The first-order valence-corrected chi connectivity index (χ1v) is 10.7. The van der Waals surface area contributed by atoms with Gasteiger partial charge in [-0.15, -0.1) is 0 Å². The van der Waals surface area contributed by atoms with Crippen molar-refractivity contribution < 1.29 is 13.2 Å². The van der Waals surface area contributed by atoms with Gasteiger partial charge in [0.1, 0.15) is 5.84 Å². The third-order valence-electron chi connectivity index (χ3n) is 4.56. The minimum Gasteiger partial charge on any atom is -0.384 e. The van der Waals surface area contributed by atoms with Gasteiger partial charge in [-0.1, -0.05) is 60.7 Å². The van der Waals surface area contributed by atoms with Crippen molar-refractivity contribution in [3.8, 4) is 11.1 Å². The molecule has 7 nitrogen and oxygen atoms in total. The summed E-state index contributed by atoms with van der Waals surface area (Å²) in [5.74, 6) is -0.114. The van der Waals surface area contributed by atoms with Gasteiger partial charge in [0.05, 0.1) is 11.3 Å². The van der Waals surface area contributed by atoms with Crippen LogP contribution in [0.4, 0.5) is 0 Å². The van der Waals surface area contributed by atoms with E-state index in [2.05, 4.69) is 5.32 Å². The summed E-state index contributed by atoms with van der Waals surface area (Å²) in [7, 11) is -3.73. The summed E-state index contributed by atoms with van der Waals surface area (Å²) in [6.07, 6.45) is 0.217. The van der Waals surface area contributed by atoms with Crippen LogP contribution >= 0.6 is 0 Å². The van der Waals surface area contributed by atoms with E-state index in [1.807, 2.05) is 36.4 Å². The molecule has 8 heteroatoms. The number of hydrogen-bond donors (Lipinski definition) is 4. The van der Waals surface area contributed by atoms with Crippen LogP contribution in [0.3, 0.4) is 0 Å². The lowest BCUT2D eigenvalue weighted by molar-refractivity contribution is -0.120. The molecule has 0 saturated carbocycles. The molecule has 3 aromatic rings. The van der Waals surface area contributed by atoms with Gasteiger partial charge in [0.2, 0.25) is 15.9 Å². The molecule has 0 radical (unpaired) electrons. The van der Waals surface area contributed by atoms with Gasteiger partial charge in [0, 0.05) is 12.1 Å². The van der Waals surface area contributed by atoms with Crippen LogP contribution in [0.1, 0.15) is 16.7 Å². The molecular formula is C22H22N4O3S. The number of nitrogens with two attached hydrogens (primary N) is 2. The number of rotatable bonds is 7. The molecule has 0 aromatic heterocycles. The van der Waals surface area contributed by atoms with E-state index in [1.54, 1.807) is 24.3 Å². The number of benzene rings is 3. The second-order valence-corrected chi connectivity index (χ2v) is 8.40. The second-order valence-electron chi connectivity index (χ2n) is 6.83. The Kier molecular flexibility index (Phi) is 6.29. The number of nitrogen functional groups attached to an aromatic ring is 1. The van der Waals surface area contributed by atoms with Gasteiger partial charge in [0.15, 0.2) is 0 Å². The Labute approximate surface area is 175 Å². The highest BCUT2D eigenvalue weighted by Crippen LogP contribution is 2.22. The van der Waals surface area contributed by atoms with Crippen molar-refractivity contribution >= 4 is 21.8 Å². The van der Waals surface area contributed by atoms with Crippen LogP contribution in [0, 0.1) is 5.41 Å². The number of amidine groups is 1. The quantitative estimate of drug-likeness (QED) is 0.342. The summed E-state index contributed by atoms with van der Waals surface area (Å²) in [6, 6.07) is 20.9. The summed E-state index contributed by atoms with van der Waals surface area (Å²) in [5.41, 5.74) is 9.53. The van der Waals surface area contributed by atoms with Crippen molar-refractivity contribution in [3.05, 3.63) is 89.5 Å². The van der Waals surface area contributed by atoms with E-state index in [-0.39, 0.29) is 23.1 Å². The molecule has 0 aliphatic heterocycles. The predicted octanol–water partition coefficient (Wildman–Crippen LogP) is 2.14. The second kappa shape index (κ2) is 8.89. The number of amides is 1. The van der Waals surface area contributed by atoms with Crippen LogP contribution in [0.2, 0.25) is 0 Å². The summed E-state index contributed by atoms with van der Waals surface area (Å²) >= 11 is 0. The van der Waals surface area contributed by atoms with E-state index in [4.69, 9.17) is 16.3 Å². The van der Waals surface area contributed by atoms with Crippen LogP contribution in [-0.2, 0) is 27.8 Å². The number of sulfonamides is 1. The van der Waals surface area contributed by atoms with Crippen LogP contribution in [0.5, 0.6) is 0 Å². The molecule has 0 heterocycles. The molecule has 0 fully saturated rings. The van der Waals surface area contributed by atoms with Crippen molar-refractivity contribution in [1.29, 1.82) is 5.41 Å². The molecule has 30 heavy (non-hydrogen) atoms. The molecule has 1 amide bonds. The molecule has 0 spiro atoms. The molecule has 0 unspecified atom stereocenters. The number of hydrogen-bond acceptors (Lipinski definition) is 4. The zero-order valence-corrected chi connectivity index (χ0v) is 16.9. The Bertz CT molecular complexity index is 1170. The van der Waals surface area contributed by atoms with Crippen LogP contribution in [-0.4, -0.2) is 20.2 Å². The van der Waals surface area contributed by atoms with E-state index in [0.717, 1.165) is 22.3 Å². The largest absolute Gasteiger partial charge is 0.384 e. The van der Waals surface area contributed by atoms with Crippen molar-refractivity contribution in [2.75, 3.05) is 0 Å². The molecule has 0 saturated heterocycles. The summed E-state index contributed by atoms with van der Waals surface area (Å²) in [4.78, 5) is 12.4. The molecule has 0 atom stereocenters. The summed E-state index contributed by atoms with van der Waals surface area (Å²) in [6.45, 7) is 0.381. The zero-order chi connectivity index (χ0) is 21.7. The lowest BCUT2D eigenvalue weighted by Gasteiger charge is -2.08. The van der Waals surface area contributed by atoms with Crippen LogP contribution in [0.25, 0.3) is 11.1 Å². The molecule has 154 valence electrons. The lowest BCUT2D eigenvalue weighted by Crippen LogP contribution is -2.24. The number of carbonyl (C=O) groups excluding carboxylic acids is 1. The topological polar surface area (TPSA) is 139 Å². The maximum absolute atomic E-state index is 12.3. The van der Waals surface area contributed by atoms with Gasteiger partial charge in [-0.25, -0.2) is 13.6 Å². The lowest BCUT2D eigenvalue weighted by atomic mass is 10.0. The normalized spacial score (nSPS) is 11.1. The van der Waals surface area contributed by atoms with Gasteiger partial charge < -0.3 is 11.1 Å². The highest BCUT2D eigenvalue weighted by atomic mass is 32.2. The first-order chi connectivity index (χ1) is 14.2. The average Bonchev–Trinajstić information content (AvgIpc) is 2.72. The van der Waals surface area contributed by atoms with E-state index in [9.17, 15) is 13.2 Å². The van der Waals surface area contributed by atoms with E-state index >= 15 is 0 Å². The van der Waals surface area contributed by atoms with Crippen molar-refractivity contribution in [1.82, 2.24) is 5.32 Å². The summed E-state index contributed by atoms with van der Waals surface area (Å²) < 4.78 is 22.8. The van der Waals surface area contributed by atoms with Gasteiger partial charge in [-0.2, -0.15) is 0 Å².